The summed E-state index contributed by atoms with van der Waals surface area (Å²) in [6.07, 6.45) is 24.7. The zero-order chi connectivity index (χ0) is 101. The predicted molar refractivity (Wildman–Crippen MR) is 561 cm³/mol. The van der Waals surface area contributed by atoms with Gasteiger partial charge in [0.2, 0.25) is 0 Å². The van der Waals surface area contributed by atoms with Crippen molar-refractivity contribution >= 4 is 131 Å². The number of amides is 8. The standard InChI is InChI=1S/C26H30N8O3S.2C26H29N7O3S.C24H24N6O2S/c1-4-27-24(35)33-25-32-20-10-17(18-13-30-23(31-14-18)26(2,3)36)9-19(21(20)38-25)22-28-11-16(12-29-22)15-34-5-7-37-8-6-34;2*1-3-27-25(35)32-26-31-22-12-18(19-13-29-24(16(2)34)30-14-19)11-20(23(22)37-26)21-10-17(4-5-28-21)15-33-6-8-36-9-7-33;1-2-25-22(31)30-23-29-19-12-15(11-17(20(19)33-23)18-7-3-6-10-26-18)16-13-27-21(28-14-16)24(32)8-4-5-9-24/h9-14,36H,4-8,15H2,1-3H3,(H2,27,32,33,35);2*4-5,10-14,16,34H,3,6-9,15H2,1-2H3,(H2,27,31,32,35);3,6-7,10-14,32H,2,4-5,8-9H2,1H3,(H2,25,29,30,31)/t;2*16-;/m.10./s1. The van der Waals surface area contributed by atoms with Gasteiger partial charge in [0.1, 0.15) is 23.4 Å². The van der Waals surface area contributed by atoms with E-state index in [-0.39, 0.29) is 24.1 Å². The monoisotopic (exact) mass is 2030 g/mol. The number of nitrogens with zero attached hydrogens (tertiary/aromatic N) is 20. The second kappa shape index (κ2) is 47.7. The molecule has 3 saturated heterocycles. The van der Waals surface area contributed by atoms with Gasteiger partial charge in [-0.2, -0.15) is 0 Å². The van der Waals surface area contributed by atoms with E-state index < -0.39 is 23.4 Å². The third-order valence-electron chi connectivity index (χ3n) is 23.9. The lowest BCUT2D eigenvalue weighted by molar-refractivity contribution is 0.0340. The number of carbonyl (C=O) groups is 4. The van der Waals surface area contributed by atoms with Crippen LogP contribution in [-0.4, -0.2) is 249 Å². The highest BCUT2D eigenvalue weighted by atomic mass is 32.1. The number of fused-ring (bicyclic) bond motifs is 4. The van der Waals surface area contributed by atoms with Crippen molar-refractivity contribution in [2.75, 3.05) is 126 Å². The molecule has 8 amide bonds. The van der Waals surface area contributed by atoms with E-state index in [2.05, 4.69) is 146 Å². The number of thiazole rings is 4. The van der Waals surface area contributed by atoms with Gasteiger partial charge >= 0.3 is 24.1 Å². The molecule has 3 aliphatic heterocycles. The molecule has 0 bridgehead atoms. The minimum absolute atomic E-state index is 0.287. The molecule has 20 rings (SSSR count). The average Bonchev–Trinajstić information content (AvgIpc) is 1.65. The molecule has 0 unspecified atom stereocenters. The van der Waals surface area contributed by atoms with Crippen molar-refractivity contribution in [3.63, 3.8) is 0 Å². The van der Waals surface area contributed by atoms with Crippen LogP contribution in [0.3, 0.4) is 0 Å². The smallest absolute Gasteiger partial charge is 0.321 e. The van der Waals surface area contributed by atoms with Crippen molar-refractivity contribution in [3.8, 4) is 89.7 Å². The fraction of sp³-hybridized carbons (Fsp3) is 0.343. The van der Waals surface area contributed by atoms with Gasteiger partial charge in [-0.1, -0.05) is 51.4 Å². The Balaban J connectivity index is 0.000000133. The largest absolute Gasteiger partial charge is 0.385 e. The number of pyridine rings is 3. The molecule has 43 heteroatoms. The minimum atomic E-state index is -1.14. The zero-order valence-corrected chi connectivity index (χ0v) is 84.6. The molecule has 1 aliphatic carbocycles. The number of aliphatic hydroxyl groups is 4. The minimum Gasteiger partial charge on any atom is -0.385 e. The molecule has 16 aromatic rings. The maximum atomic E-state index is 12.1. The third kappa shape index (κ3) is 26.2. The molecule has 0 spiro atoms. The Labute approximate surface area is 851 Å². The van der Waals surface area contributed by atoms with Crippen molar-refractivity contribution in [2.24, 2.45) is 0 Å². The first-order valence-electron chi connectivity index (χ1n) is 48.0. The van der Waals surface area contributed by atoms with Crippen LogP contribution in [0.1, 0.15) is 133 Å². The summed E-state index contributed by atoms with van der Waals surface area (Å²) < 4.78 is 20.0. The second-order valence-electron chi connectivity index (χ2n) is 35.3. The van der Waals surface area contributed by atoms with Crippen LogP contribution < -0.4 is 42.5 Å². The number of carbonyl (C=O) groups excluding carboxylic acids is 4. The molecule has 0 radical (unpaired) electrons. The molecule has 4 fully saturated rings. The van der Waals surface area contributed by atoms with Gasteiger partial charge in [-0.15, -0.1) is 0 Å². The highest BCUT2D eigenvalue weighted by Crippen LogP contribution is 2.45. The SMILES string of the molecule is CCNC(=O)Nc1nc2cc(-c3cnc(C(C)(C)O)nc3)cc(-c3ncc(CN4CCOCC4)cn3)c2s1.CCNC(=O)Nc1nc2cc(-c3cnc(C4(O)CCCC4)nc3)cc(-c3ccccn3)c2s1.CCNC(=O)Nc1nc2cc(-c3cnc([C@@H](C)O)nc3)cc(-c3cc(CN4CCOCC4)ccn3)c2s1.CCNC(=O)Nc1nc2cc(-c3cnc([C@H](C)O)nc3)cc(-c3cc(CN4CCOCC4)ccn3)c2s1. The van der Waals surface area contributed by atoms with Crippen LogP contribution in [0.15, 0.2) is 172 Å². The van der Waals surface area contributed by atoms with Crippen molar-refractivity contribution in [1.29, 1.82) is 0 Å². The number of benzene rings is 4. The molecule has 15 heterocycles. The summed E-state index contributed by atoms with van der Waals surface area (Å²) in [7, 11) is 0. The Morgan fingerprint density at radius 3 is 1.05 bits per heavy atom. The number of aliphatic hydroxyl groups excluding tert-OH is 2. The maximum absolute atomic E-state index is 12.1. The lowest BCUT2D eigenvalue weighted by Gasteiger charge is -2.26. The Bertz CT molecular complexity index is 6950. The van der Waals surface area contributed by atoms with Crippen LogP contribution >= 0.6 is 45.3 Å². The number of morpholine rings is 3. The van der Waals surface area contributed by atoms with Gasteiger partial charge in [0.25, 0.3) is 0 Å². The molecule has 12 N–H and O–H groups in total. The summed E-state index contributed by atoms with van der Waals surface area (Å²) in [5.74, 6) is 2.11. The molecule has 2 atom stereocenters. The van der Waals surface area contributed by atoms with Crippen LogP contribution in [-0.2, 0) is 45.0 Å². The predicted octanol–water partition coefficient (Wildman–Crippen LogP) is 15.8. The van der Waals surface area contributed by atoms with Gasteiger partial charge in [-0.3, -0.25) is 50.9 Å². The molecule has 750 valence electrons. The molecular weight excluding hydrogens is 1920 g/mol. The van der Waals surface area contributed by atoms with Gasteiger partial charge in [0, 0.05) is 216 Å². The second-order valence-corrected chi connectivity index (χ2v) is 39.3. The number of ether oxygens (including phenoxy) is 3. The Kier molecular flexibility index (Phi) is 33.7. The molecule has 4 aliphatic rings. The number of urea groups is 4. The molecule has 1 saturated carbocycles. The van der Waals surface area contributed by atoms with E-state index in [0.29, 0.717) is 94.2 Å². The number of nitrogens with one attached hydrogen (secondary N) is 8. The normalized spacial score (nSPS) is 14.9. The fourth-order valence-electron chi connectivity index (χ4n) is 16.6. The Morgan fingerprint density at radius 1 is 0.386 bits per heavy atom. The summed E-state index contributed by atoms with van der Waals surface area (Å²) in [4.78, 5) is 132. The number of hydrogen-bond acceptors (Lipinski definition) is 35. The van der Waals surface area contributed by atoms with Crippen LogP contribution in [0.5, 0.6) is 0 Å². The van der Waals surface area contributed by atoms with Gasteiger partial charge in [-0.05, 0) is 199 Å². The number of hydrogen-bond donors (Lipinski definition) is 12. The van der Waals surface area contributed by atoms with E-state index >= 15 is 0 Å². The van der Waals surface area contributed by atoms with E-state index in [0.717, 1.165) is 236 Å². The molecule has 145 heavy (non-hydrogen) atoms. The summed E-state index contributed by atoms with van der Waals surface area (Å²) >= 11 is 5.59. The number of rotatable bonds is 26. The zero-order valence-electron chi connectivity index (χ0n) is 81.3. The van der Waals surface area contributed by atoms with Gasteiger partial charge in [-0.25, -0.2) is 89.0 Å². The van der Waals surface area contributed by atoms with Crippen molar-refractivity contribution in [1.82, 2.24) is 121 Å². The van der Waals surface area contributed by atoms with Crippen LogP contribution in [0, 0.1) is 0 Å². The third-order valence-corrected chi connectivity index (χ3v) is 28.0. The number of anilines is 4. The average molecular weight is 2030 g/mol. The highest BCUT2D eigenvalue weighted by molar-refractivity contribution is 7.24. The lowest BCUT2D eigenvalue weighted by Crippen LogP contribution is -2.35. The maximum Gasteiger partial charge on any atom is 0.321 e. The first-order valence-corrected chi connectivity index (χ1v) is 51.2. The first-order chi connectivity index (χ1) is 70.3. The highest BCUT2D eigenvalue weighted by Gasteiger charge is 2.36. The van der Waals surface area contributed by atoms with Gasteiger partial charge in [0.05, 0.1) is 97.6 Å². The number of aromatic nitrogens is 17. The van der Waals surface area contributed by atoms with Crippen molar-refractivity contribution in [3.05, 3.63) is 212 Å². The summed E-state index contributed by atoms with van der Waals surface area (Å²) in [5.41, 5.74) is 16.9. The summed E-state index contributed by atoms with van der Waals surface area (Å²) in [5, 5.41) is 64.7. The molecule has 4 aromatic carbocycles. The van der Waals surface area contributed by atoms with E-state index in [1.165, 1.54) is 56.5 Å². The Morgan fingerprint density at radius 2 is 0.710 bits per heavy atom. The van der Waals surface area contributed by atoms with Gasteiger partial charge in [0.15, 0.2) is 49.6 Å². The van der Waals surface area contributed by atoms with E-state index in [1.54, 1.807) is 83.5 Å². The van der Waals surface area contributed by atoms with Crippen molar-refractivity contribution in [2.45, 2.75) is 124 Å². The van der Waals surface area contributed by atoms with Gasteiger partial charge < -0.3 is 55.9 Å². The lowest BCUT2D eigenvalue weighted by atomic mass is 10.0. The quantitative estimate of drug-likeness (QED) is 0.0239. The van der Waals surface area contributed by atoms with E-state index in [4.69, 9.17) is 34.1 Å². The first kappa shape index (κ1) is 102. The van der Waals surface area contributed by atoms with Crippen LogP contribution in [0.4, 0.5) is 39.7 Å². The Hall–Kier alpha value is -14.0. The van der Waals surface area contributed by atoms with E-state index in [1.807, 2.05) is 119 Å². The van der Waals surface area contributed by atoms with Crippen molar-refractivity contribution < 1.29 is 53.8 Å². The summed E-state index contributed by atoms with van der Waals surface area (Å²) in [6, 6.07) is 28.8. The van der Waals surface area contributed by atoms with Crippen LogP contribution in [0.2, 0.25) is 0 Å². The van der Waals surface area contributed by atoms with Crippen LogP contribution in [0.25, 0.3) is 131 Å². The molecule has 12 aromatic heterocycles. The molecule has 39 nitrogen and oxygen atoms in total. The van der Waals surface area contributed by atoms with E-state index in [9.17, 15) is 39.6 Å². The summed E-state index contributed by atoms with van der Waals surface area (Å²) in [6.45, 7) is 28.4. The fourth-order valence-corrected chi connectivity index (χ4v) is 20.5. The topological polar surface area (TPSA) is 502 Å². The molecular formula is C102H112N28O11S4.